The van der Waals surface area contributed by atoms with E-state index in [9.17, 15) is 14.0 Å². The maximum Gasteiger partial charge on any atom is 0.314 e. The maximum absolute atomic E-state index is 13.1. The van der Waals surface area contributed by atoms with Crippen LogP contribution in [0.4, 0.5) is 10.2 Å². The summed E-state index contributed by atoms with van der Waals surface area (Å²) in [6.45, 7) is 3.60. The van der Waals surface area contributed by atoms with E-state index in [0.717, 1.165) is 11.3 Å². The lowest BCUT2D eigenvalue weighted by Gasteiger charge is -2.13. The van der Waals surface area contributed by atoms with E-state index >= 15 is 0 Å². The van der Waals surface area contributed by atoms with E-state index in [1.165, 1.54) is 16.8 Å². The second kappa shape index (κ2) is 7.72. The summed E-state index contributed by atoms with van der Waals surface area (Å²) in [5, 5.41) is 9.25. The normalized spacial score (nSPS) is 11.8. The van der Waals surface area contributed by atoms with E-state index < -0.39 is 11.8 Å². The molecule has 2 aromatic rings. The van der Waals surface area contributed by atoms with Crippen LogP contribution in [-0.2, 0) is 23.1 Å². The minimum Gasteiger partial charge on any atom is -0.345 e. The van der Waals surface area contributed by atoms with Gasteiger partial charge in [0.15, 0.2) is 0 Å². The molecule has 1 atom stereocenters. The number of rotatable bonds is 5. The number of aryl methyl sites for hydroxylation is 3. The molecule has 1 heterocycles. The van der Waals surface area contributed by atoms with Gasteiger partial charge in [-0.2, -0.15) is 5.10 Å². The molecule has 0 aliphatic carbocycles. The van der Waals surface area contributed by atoms with E-state index in [2.05, 4.69) is 15.7 Å². The molecule has 0 fully saturated rings. The van der Waals surface area contributed by atoms with Crippen molar-refractivity contribution in [1.29, 1.82) is 0 Å². The quantitative estimate of drug-likeness (QED) is 0.822. The molecular weight excluding hydrogens is 311 g/mol. The lowest BCUT2D eigenvalue weighted by atomic mass is 10.1. The van der Waals surface area contributed by atoms with Crippen molar-refractivity contribution in [3.63, 3.8) is 0 Å². The smallest absolute Gasteiger partial charge is 0.314 e. The minimum atomic E-state index is -0.740. The van der Waals surface area contributed by atoms with E-state index in [0.29, 0.717) is 18.7 Å². The van der Waals surface area contributed by atoms with Crippen molar-refractivity contribution in [2.45, 2.75) is 32.7 Å². The molecule has 1 aromatic carbocycles. The molecule has 0 saturated heterocycles. The first-order valence-electron chi connectivity index (χ1n) is 7.72. The highest BCUT2D eigenvalue weighted by Gasteiger charge is 2.17. The van der Waals surface area contributed by atoms with Crippen LogP contribution in [0.15, 0.2) is 30.3 Å². The number of carbonyl (C=O) groups is 2. The fourth-order valence-corrected chi connectivity index (χ4v) is 2.34. The van der Waals surface area contributed by atoms with Gasteiger partial charge in [-0.25, -0.2) is 4.39 Å². The van der Waals surface area contributed by atoms with Gasteiger partial charge in [0, 0.05) is 19.2 Å². The molecule has 2 N–H and O–H groups in total. The van der Waals surface area contributed by atoms with Crippen molar-refractivity contribution in [1.82, 2.24) is 15.1 Å². The van der Waals surface area contributed by atoms with Crippen LogP contribution >= 0.6 is 0 Å². The Balaban J connectivity index is 1.82. The van der Waals surface area contributed by atoms with Gasteiger partial charge >= 0.3 is 11.8 Å². The first kappa shape index (κ1) is 17.7. The summed E-state index contributed by atoms with van der Waals surface area (Å²) < 4.78 is 14.6. The number of halogens is 1. The van der Waals surface area contributed by atoms with Gasteiger partial charge in [0.1, 0.15) is 11.6 Å². The molecule has 1 aromatic heterocycles. The summed E-state index contributed by atoms with van der Waals surface area (Å²) in [6.07, 6.45) is 1.22. The number of benzene rings is 1. The third-order valence-corrected chi connectivity index (χ3v) is 3.58. The number of nitrogens with one attached hydrogen (secondary N) is 2. The zero-order chi connectivity index (χ0) is 17.7. The van der Waals surface area contributed by atoms with Crippen LogP contribution in [0.1, 0.15) is 24.6 Å². The third kappa shape index (κ3) is 4.91. The van der Waals surface area contributed by atoms with Gasteiger partial charge in [-0.1, -0.05) is 12.1 Å². The molecule has 0 unspecified atom stereocenters. The van der Waals surface area contributed by atoms with Crippen molar-refractivity contribution < 1.29 is 14.0 Å². The molecule has 0 bridgehead atoms. The number of hydrogen-bond donors (Lipinski definition) is 2. The lowest BCUT2D eigenvalue weighted by molar-refractivity contribution is -0.136. The highest BCUT2D eigenvalue weighted by molar-refractivity contribution is 6.39. The molecule has 2 amide bonds. The number of anilines is 1. The summed E-state index contributed by atoms with van der Waals surface area (Å²) in [5.74, 6) is -1.27. The van der Waals surface area contributed by atoms with E-state index in [4.69, 9.17) is 0 Å². The molecule has 0 spiro atoms. The number of amides is 2. The average Bonchev–Trinajstić information content (AvgIpc) is 2.83. The van der Waals surface area contributed by atoms with Crippen molar-refractivity contribution in [2.24, 2.45) is 7.05 Å². The predicted molar refractivity (Wildman–Crippen MR) is 88.9 cm³/mol. The summed E-state index contributed by atoms with van der Waals surface area (Å²) in [5.41, 5.74) is 1.60. The number of aromatic nitrogens is 2. The van der Waals surface area contributed by atoms with Crippen molar-refractivity contribution in [2.75, 3.05) is 5.32 Å². The SMILES string of the molecule is Cc1cc(NC(=O)C(=O)N[C@H](C)CCc2cccc(F)c2)n(C)n1. The van der Waals surface area contributed by atoms with Gasteiger partial charge in [0.2, 0.25) is 0 Å². The van der Waals surface area contributed by atoms with Crippen molar-refractivity contribution in [3.05, 3.63) is 47.4 Å². The highest BCUT2D eigenvalue weighted by atomic mass is 19.1. The largest absolute Gasteiger partial charge is 0.345 e. The number of carbonyl (C=O) groups excluding carboxylic acids is 2. The first-order chi connectivity index (χ1) is 11.3. The van der Waals surface area contributed by atoms with Gasteiger partial charge in [-0.3, -0.25) is 14.3 Å². The second-order valence-corrected chi connectivity index (χ2v) is 5.79. The van der Waals surface area contributed by atoms with Crippen LogP contribution in [0.2, 0.25) is 0 Å². The van der Waals surface area contributed by atoms with Gasteiger partial charge < -0.3 is 10.6 Å². The Morgan fingerprint density at radius 1 is 1.29 bits per heavy atom. The zero-order valence-electron chi connectivity index (χ0n) is 14.0. The van der Waals surface area contributed by atoms with Crippen LogP contribution in [-0.4, -0.2) is 27.6 Å². The van der Waals surface area contributed by atoms with Crippen LogP contribution < -0.4 is 10.6 Å². The number of nitrogens with zero attached hydrogens (tertiary/aromatic N) is 2. The fraction of sp³-hybridized carbons (Fsp3) is 0.353. The van der Waals surface area contributed by atoms with Crippen molar-refractivity contribution >= 4 is 17.6 Å². The monoisotopic (exact) mass is 332 g/mol. The molecule has 7 heteroatoms. The van der Waals surface area contributed by atoms with Gasteiger partial charge in [0.25, 0.3) is 0 Å². The standard InChI is InChI=1S/C17H21FN4O2/c1-11(7-8-13-5-4-6-14(18)10-13)19-16(23)17(24)20-15-9-12(2)21-22(15)3/h4-6,9-11H,7-8H2,1-3H3,(H,19,23)(H,20,24)/t11-/m1/s1. The van der Waals surface area contributed by atoms with Gasteiger partial charge in [0.05, 0.1) is 5.69 Å². The Morgan fingerprint density at radius 3 is 2.67 bits per heavy atom. The minimum absolute atomic E-state index is 0.209. The van der Waals surface area contributed by atoms with Crippen LogP contribution in [0.3, 0.4) is 0 Å². The summed E-state index contributed by atoms with van der Waals surface area (Å²) in [6, 6.07) is 7.80. The fourth-order valence-electron chi connectivity index (χ4n) is 2.34. The first-order valence-corrected chi connectivity index (χ1v) is 7.72. The predicted octanol–water partition coefficient (Wildman–Crippen LogP) is 1.94. The molecular formula is C17H21FN4O2. The maximum atomic E-state index is 13.1. The number of hydrogen-bond acceptors (Lipinski definition) is 3. The Hall–Kier alpha value is -2.70. The molecule has 0 radical (unpaired) electrons. The molecule has 24 heavy (non-hydrogen) atoms. The van der Waals surface area contributed by atoms with E-state index in [1.807, 2.05) is 6.07 Å². The molecule has 128 valence electrons. The van der Waals surface area contributed by atoms with Gasteiger partial charge in [-0.15, -0.1) is 0 Å². The zero-order valence-corrected chi connectivity index (χ0v) is 14.0. The van der Waals surface area contributed by atoms with Crippen molar-refractivity contribution in [3.8, 4) is 0 Å². The molecule has 2 rings (SSSR count). The Bertz CT molecular complexity index is 742. The average molecular weight is 332 g/mol. The van der Waals surface area contributed by atoms with Crippen LogP contribution in [0.5, 0.6) is 0 Å². The van der Waals surface area contributed by atoms with Crippen LogP contribution in [0.25, 0.3) is 0 Å². The second-order valence-electron chi connectivity index (χ2n) is 5.79. The Labute approximate surface area is 140 Å². The van der Waals surface area contributed by atoms with Crippen LogP contribution in [0, 0.1) is 12.7 Å². The van der Waals surface area contributed by atoms with Gasteiger partial charge in [-0.05, 0) is 44.4 Å². The lowest BCUT2D eigenvalue weighted by Crippen LogP contribution is -2.41. The Kier molecular flexibility index (Phi) is 5.68. The third-order valence-electron chi connectivity index (χ3n) is 3.58. The summed E-state index contributed by atoms with van der Waals surface area (Å²) >= 11 is 0. The molecule has 0 aliphatic rings. The van der Waals surface area contributed by atoms with E-state index in [1.54, 1.807) is 33.0 Å². The summed E-state index contributed by atoms with van der Waals surface area (Å²) in [7, 11) is 1.68. The summed E-state index contributed by atoms with van der Waals surface area (Å²) in [4.78, 5) is 23.8. The van der Waals surface area contributed by atoms with E-state index in [-0.39, 0.29) is 11.9 Å². The molecule has 0 saturated carbocycles. The topological polar surface area (TPSA) is 76.0 Å². The molecule has 0 aliphatic heterocycles. The Morgan fingerprint density at radius 2 is 2.04 bits per heavy atom. The molecule has 6 nitrogen and oxygen atoms in total. The highest BCUT2D eigenvalue weighted by Crippen LogP contribution is 2.09.